The van der Waals surface area contributed by atoms with Gasteiger partial charge in [-0.05, 0) is 56.6 Å². The number of piperidine rings is 1. The van der Waals surface area contributed by atoms with Gasteiger partial charge in [0.2, 0.25) is 0 Å². The largest absolute Gasteiger partial charge is 0.485 e. The fraction of sp³-hybridized carbons (Fsp3) is 0.619. The van der Waals surface area contributed by atoms with Crippen LogP contribution in [0.3, 0.4) is 0 Å². The van der Waals surface area contributed by atoms with E-state index < -0.39 is 0 Å². The van der Waals surface area contributed by atoms with Crippen LogP contribution in [0, 0.1) is 0 Å². The van der Waals surface area contributed by atoms with Crippen molar-refractivity contribution in [1.29, 1.82) is 0 Å². The van der Waals surface area contributed by atoms with Gasteiger partial charge in [-0.2, -0.15) is 0 Å². The number of hydrogen-bond donors (Lipinski definition) is 2. The minimum absolute atomic E-state index is 0.548. The topological polar surface area (TPSA) is 59.8 Å². The molecule has 0 radical (unpaired) electrons. The Morgan fingerprint density at radius 2 is 1.92 bits per heavy atom. The van der Waals surface area contributed by atoms with Crippen molar-refractivity contribution in [2.75, 3.05) is 45.1 Å². The molecule has 1 fully saturated rings. The van der Waals surface area contributed by atoms with Crippen molar-refractivity contribution in [3.8, 4) is 11.5 Å². The fourth-order valence-electron chi connectivity index (χ4n) is 3.77. The van der Waals surface area contributed by atoms with Gasteiger partial charge in [0.15, 0.2) is 11.5 Å². The first-order valence-electron chi connectivity index (χ1n) is 10.0. The summed E-state index contributed by atoms with van der Waals surface area (Å²) in [6, 6.07) is 4.56. The second-order valence-corrected chi connectivity index (χ2v) is 7.37. The molecule has 2 aliphatic heterocycles. The van der Waals surface area contributed by atoms with Crippen LogP contribution in [0.4, 0.5) is 5.69 Å². The van der Waals surface area contributed by atoms with E-state index in [1.807, 2.05) is 12.1 Å². The molecule has 3 N–H and O–H groups in total. The van der Waals surface area contributed by atoms with Gasteiger partial charge in [-0.25, -0.2) is 0 Å². The van der Waals surface area contributed by atoms with E-state index in [1.54, 1.807) is 0 Å². The lowest BCUT2D eigenvalue weighted by Crippen LogP contribution is -2.43. The van der Waals surface area contributed by atoms with E-state index in [0.29, 0.717) is 30.7 Å². The minimum Gasteiger partial charge on any atom is -0.485 e. The first-order valence-corrected chi connectivity index (χ1v) is 10.0. The highest BCUT2D eigenvalue weighted by atomic mass is 16.6. The predicted octanol–water partition coefficient (Wildman–Crippen LogP) is 3.30. The van der Waals surface area contributed by atoms with Gasteiger partial charge in [-0.3, -0.25) is 4.90 Å². The lowest BCUT2D eigenvalue weighted by Gasteiger charge is -2.33. The van der Waals surface area contributed by atoms with Crippen LogP contribution in [0.2, 0.25) is 0 Å². The first kappa shape index (κ1) is 19.1. The van der Waals surface area contributed by atoms with Crippen molar-refractivity contribution >= 4 is 11.3 Å². The number of benzene rings is 1. The van der Waals surface area contributed by atoms with Gasteiger partial charge in [0.05, 0.1) is 5.69 Å². The molecular formula is C21H33N3O2. The number of nitrogens with one attached hydrogen (secondary N) is 1. The van der Waals surface area contributed by atoms with E-state index in [4.69, 9.17) is 15.2 Å². The molecule has 0 aromatic heterocycles. The van der Waals surface area contributed by atoms with Crippen LogP contribution in [0.1, 0.15) is 44.6 Å². The van der Waals surface area contributed by atoms with E-state index in [2.05, 4.69) is 23.7 Å². The smallest absolute Gasteiger partial charge is 0.184 e. The number of nitrogen functional groups attached to an aromatic ring is 1. The monoisotopic (exact) mass is 359 g/mol. The number of rotatable bonds is 8. The molecule has 5 nitrogen and oxygen atoms in total. The lowest BCUT2D eigenvalue weighted by atomic mass is 10.0. The Kier molecular flexibility index (Phi) is 6.80. The summed E-state index contributed by atoms with van der Waals surface area (Å²) in [4.78, 5) is 2.49. The van der Waals surface area contributed by atoms with E-state index >= 15 is 0 Å². The van der Waals surface area contributed by atoms with Gasteiger partial charge in [-0.15, -0.1) is 0 Å². The van der Waals surface area contributed by atoms with Crippen molar-refractivity contribution in [2.24, 2.45) is 0 Å². The highest BCUT2D eigenvalue weighted by Gasteiger charge is 2.23. The summed E-state index contributed by atoms with van der Waals surface area (Å²) in [5.74, 6) is 1.43. The third kappa shape index (κ3) is 4.71. The molecule has 0 amide bonds. The average Bonchev–Trinajstić information content (AvgIpc) is 2.67. The molecule has 3 rings (SSSR count). The molecule has 2 aliphatic rings. The number of nitrogens with two attached hydrogens (primary N) is 1. The van der Waals surface area contributed by atoms with E-state index in [0.717, 1.165) is 43.1 Å². The standard InChI is InChI=1S/C21H33N3O2/c1-3-4-5-10-23-17-8-11-24(12-9-17)15-16(2)18-6-7-19(22)21-20(18)25-13-14-26-21/h6-7,17,23H,2-5,8-15,22H2,1H3. The third-order valence-electron chi connectivity index (χ3n) is 5.32. The van der Waals surface area contributed by atoms with E-state index in [-0.39, 0.29) is 0 Å². The highest BCUT2D eigenvalue weighted by Crippen LogP contribution is 2.41. The maximum absolute atomic E-state index is 6.02. The van der Waals surface area contributed by atoms with Crippen LogP contribution in [-0.4, -0.2) is 50.3 Å². The molecule has 1 saturated heterocycles. The number of nitrogens with zero attached hydrogens (tertiary/aromatic N) is 1. The lowest BCUT2D eigenvalue weighted by molar-refractivity contribution is 0.172. The van der Waals surface area contributed by atoms with E-state index in [1.165, 1.54) is 32.1 Å². The first-order chi connectivity index (χ1) is 12.7. The van der Waals surface area contributed by atoms with Crippen molar-refractivity contribution < 1.29 is 9.47 Å². The number of fused-ring (bicyclic) bond motifs is 1. The molecule has 0 atom stereocenters. The molecule has 2 heterocycles. The second-order valence-electron chi connectivity index (χ2n) is 7.37. The van der Waals surface area contributed by atoms with Gasteiger partial charge < -0.3 is 20.5 Å². The summed E-state index contributed by atoms with van der Waals surface area (Å²) >= 11 is 0. The van der Waals surface area contributed by atoms with E-state index in [9.17, 15) is 0 Å². The number of hydrogen-bond acceptors (Lipinski definition) is 5. The average molecular weight is 360 g/mol. The number of likely N-dealkylation sites (tertiary alicyclic amines) is 1. The summed E-state index contributed by atoms with van der Waals surface area (Å²) in [7, 11) is 0. The summed E-state index contributed by atoms with van der Waals surface area (Å²) in [5, 5.41) is 3.71. The number of unbranched alkanes of at least 4 members (excludes halogenated alkanes) is 2. The molecule has 144 valence electrons. The van der Waals surface area contributed by atoms with Crippen LogP contribution >= 0.6 is 0 Å². The van der Waals surface area contributed by atoms with Crippen LogP contribution in [0.25, 0.3) is 5.57 Å². The molecule has 0 bridgehead atoms. The summed E-state index contributed by atoms with van der Waals surface area (Å²) in [5.41, 5.74) is 8.74. The zero-order valence-corrected chi connectivity index (χ0v) is 16.1. The summed E-state index contributed by atoms with van der Waals surface area (Å²) in [6.07, 6.45) is 6.31. The Labute approximate surface area is 157 Å². The van der Waals surface area contributed by atoms with Gasteiger partial charge in [0.25, 0.3) is 0 Å². The molecule has 1 aromatic carbocycles. The molecular weight excluding hydrogens is 326 g/mol. The maximum atomic E-state index is 6.02. The summed E-state index contributed by atoms with van der Waals surface area (Å²) in [6.45, 7) is 11.9. The van der Waals surface area contributed by atoms with Crippen LogP contribution < -0.4 is 20.5 Å². The Bertz CT molecular complexity index is 610. The molecule has 0 spiro atoms. The Morgan fingerprint density at radius 3 is 2.65 bits per heavy atom. The Balaban J connectivity index is 1.51. The van der Waals surface area contributed by atoms with Gasteiger partial charge >= 0.3 is 0 Å². The molecule has 0 unspecified atom stereocenters. The molecule has 5 heteroatoms. The molecule has 26 heavy (non-hydrogen) atoms. The SMILES string of the molecule is C=C(CN1CCC(NCCCCC)CC1)c1ccc(N)c2c1OCCO2. The van der Waals surface area contributed by atoms with Gasteiger partial charge in [-0.1, -0.05) is 26.3 Å². The van der Waals surface area contributed by atoms with Crippen molar-refractivity contribution in [3.63, 3.8) is 0 Å². The molecule has 0 saturated carbocycles. The third-order valence-corrected chi connectivity index (χ3v) is 5.32. The van der Waals surface area contributed by atoms with Gasteiger partial charge in [0, 0.05) is 18.2 Å². The van der Waals surface area contributed by atoms with Crippen LogP contribution in [0.15, 0.2) is 18.7 Å². The Morgan fingerprint density at radius 1 is 1.19 bits per heavy atom. The van der Waals surface area contributed by atoms with Gasteiger partial charge in [0.1, 0.15) is 13.2 Å². The zero-order valence-electron chi connectivity index (χ0n) is 16.1. The van der Waals surface area contributed by atoms with Crippen LogP contribution in [-0.2, 0) is 0 Å². The zero-order chi connectivity index (χ0) is 18.4. The van der Waals surface area contributed by atoms with Crippen molar-refractivity contribution in [3.05, 3.63) is 24.3 Å². The van der Waals surface area contributed by atoms with Crippen molar-refractivity contribution in [1.82, 2.24) is 10.2 Å². The number of ether oxygens (including phenoxy) is 2. The summed E-state index contributed by atoms with van der Waals surface area (Å²) < 4.78 is 11.5. The number of anilines is 1. The van der Waals surface area contributed by atoms with Crippen LogP contribution in [0.5, 0.6) is 11.5 Å². The second kappa shape index (κ2) is 9.28. The minimum atomic E-state index is 0.548. The van der Waals surface area contributed by atoms with Crippen molar-refractivity contribution in [2.45, 2.75) is 45.1 Å². The molecule has 0 aliphatic carbocycles. The predicted molar refractivity (Wildman–Crippen MR) is 108 cm³/mol. The highest BCUT2D eigenvalue weighted by molar-refractivity contribution is 5.77. The maximum Gasteiger partial charge on any atom is 0.184 e. The Hall–Kier alpha value is -1.72. The normalized spacial score (nSPS) is 18.0. The quantitative estimate of drug-likeness (QED) is 0.551. The molecule has 1 aromatic rings. The fourth-order valence-corrected chi connectivity index (χ4v) is 3.77.